The van der Waals surface area contributed by atoms with Crippen molar-refractivity contribution in [2.45, 2.75) is 33.1 Å². The number of carbonyl (C=O) groups is 1. The van der Waals surface area contributed by atoms with Gasteiger partial charge in [-0.3, -0.25) is 4.98 Å². The number of fused-ring (bicyclic) bond motifs is 1. The van der Waals surface area contributed by atoms with Gasteiger partial charge in [0.15, 0.2) is 0 Å². The maximum Gasteiger partial charge on any atom is 0.339 e. The third-order valence-electron chi connectivity index (χ3n) is 4.30. The first-order chi connectivity index (χ1) is 12.2. The van der Waals surface area contributed by atoms with Crippen molar-refractivity contribution >= 4 is 16.9 Å². The standard InChI is InChI=1S/C22H23NO2/c1-3-5-6-16-7-9-17(10-8-16)18-11-12-21-19(13-18)14-20(15-23-21)22(24)25-4-2/h7-15H,3-6H2,1-2H3. The van der Waals surface area contributed by atoms with Crippen molar-refractivity contribution in [2.24, 2.45) is 0 Å². The van der Waals surface area contributed by atoms with Gasteiger partial charge in [-0.2, -0.15) is 0 Å². The Hall–Kier alpha value is -2.68. The highest BCUT2D eigenvalue weighted by Crippen LogP contribution is 2.25. The number of esters is 1. The van der Waals surface area contributed by atoms with Gasteiger partial charge in [-0.05, 0) is 54.7 Å². The fraction of sp³-hybridized carbons (Fsp3) is 0.273. The molecule has 0 fully saturated rings. The van der Waals surface area contributed by atoms with Crippen molar-refractivity contribution in [3.8, 4) is 11.1 Å². The number of unbranched alkanes of at least 4 members (excludes halogenated alkanes) is 1. The molecule has 2 aromatic carbocycles. The Morgan fingerprint density at radius 1 is 1.00 bits per heavy atom. The quantitative estimate of drug-likeness (QED) is 0.565. The Morgan fingerprint density at radius 3 is 2.48 bits per heavy atom. The van der Waals surface area contributed by atoms with Crippen LogP contribution in [0.25, 0.3) is 22.0 Å². The van der Waals surface area contributed by atoms with Gasteiger partial charge in [-0.15, -0.1) is 0 Å². The molecule has 0 aliphatic carbocycles. The monoisotopic (exact) mass is 333 g/mol. The molecule has 0 saturated carbocycles. The van der Waals surface area contributed by atoms with Crippen LogP contribution in [0.4, 0.5) is 0 Å². The van der Waals surface area contributed by atoms with E-state index >= 15 is 0 Å². The smallest absolute Gasteiger partial charge is 0.339 e. The number of ether oxygens (including phenoxy) is 1. The third kappa shape index (κ3) is 4.05. The maximum atomic E-state index is 11.9. The van der Waals surface area contributed by atoms with Crippen LogP contribution < -0.4 is 0 Å². The number of rotatable bonds is 6. The number of pyridine rings is 1. The van der Waals surface area contributed by atoms with E-state index in [-0.39, 0.29) is 5.97 Å². The molecular weight excluding hydrogens is 310 g/mol. The van der Waals surface area contributed by atoms with Crippen LogP contribution in [0.5, 0.6) is 0 Å². The first-order valence-corrected chi connectivity index (χ1v) is 8.87. The molecule has 0 atom stereocenters. The summed E-state index contributed by atoms with van der Waals surface area (Å²) in [6.07, 6.45) is 5.13. The molecular formula is C22H23NO2. The minimum atomic E-state index is -0.331. The van der Waals surface area contributed by atoms with E-state index in [9.17, 15) is 4.79 Å². The van der Waals surface area contributed by atoms with Gasteiger partial charge in [0.25, 0.3) is 0 Å². The van der Waals surface area contributed by atoms with Crippen molar-refractivity contribution < 1.29 is 9.53 Å². The zero-order chi connectivity index (χ0) is 17.6. The topological polar surface area (TPSA) is 39.2 Å². The Morgan fingerprint density at radius 2 is 1.76 bits per heavy atom. The van der Waals surface area contributed by atoms with Crippen LogP contribution in [0.1, 0.15) is 42.6 Å². The van der Waals surface area contributed by atoms with Gasteiger partial charge < -0.3 is 4.74 Å². The average Bonchev–Trinajstić information content (AvgIpc) is 2.66. The lowest BCUT2D eigenvalue weighted by molar-refractivity contribution is 0.0526. The van der Waals surface area contributed by atoms with Crippen LogP contribution in [-0.2, 0) is 11.2 Å². The molecule has 1 aromatic heterocycles. The van der Waals surface area contributed by atoms with Crippen LogP contribution in [0.2, 0.25) is 0 Å². The summed E-state index contributed by atoms with van der Waals surface area (Å²) in [6, 6.07) is 16.7. The molecule has 0 bridgehead atoms. The van der Waals surface area contributed by atoms with Crippen LogP contribution in [0.3, 0.4) is 0 Å². The average molecular weight is 333 g/mol. The largest absolute Gasteiger partial charge is 0.462 e. The van der Waals surface area contributed by atoms with Crippen LogP contribution in [0, 0.1) is 0 Å². The molecule has 3 nitrogen and oxygen atoms in total. The van der Waals surface area contributed by atoms with Gasteiger partial charge in [0, 0.05) is 11.6 Å². The molecule has 0 saturated heterocycles. The minimum absolute atomic E-state index is 0.331. The predicted molar refractivity (Wildman–Crippen MR) is 102 cm³/mol. The second-order valence-electron chi connectivity index (χ2n) is 6.15. The highest BCUT2D eigenvalue weighted by molar-refractivity contribution is 5.94. The molecule has 0 radical (unpaired) electrons. The number of nitrogens with zero attached hydrogens (tertiary/aromatic N) is 1. The Labute approximate surface area is 148 Å². The van der Waals surface area contributed by atoms with Crippen LogP contribution >= 0.6 is 0 Å². The molecule has 3 aromatic rings. The molecule has 0 aliphatic heterocycles. The summed E-state index contributed by atoms with van der Waals surface area (Å²) in [5.41, 5.74) is 5.02. The van der Waals surface area contributed by atoms with Crippen molar-refractivity contribution in [2.75, 3.05) is 6.61 Å². The Bertz CT molecular complexity index is 869. The first-order valence-electron chi connectivity index (χ1n) is 8.87. The van der Waals surface area contributed by atoms with E-state index in [0.29, 0.717) is 12.2 Å². The van der Waals surface area contributed by atoms with Crippen LogP contribution in [0.15, 0.2) is 54.7 Å². The highest BCUT2D eigenvalue weighted by Gasteiger charge is 2.09. The summed E-state index contributed by atoms with van der Waals surface area (Å²) in [7, 11) is 0. The van der Waals surface area contributed by atoms with Crippen molar-refractivity contribution in [1.29, 1.82) is 0 Å². The number of aromatic nitrogens is 1. The second-order valence-corrected chi connectivity index (χ2v) is 6.15. The molecule has 0 N–H and O–H groups in total. The van der Waals surface area contributed by atoms with Crippen molar-refractivity contribution in [3.63, 3.8) is 0 Å². The van der Waals surface area contributed by atoms with Gasteiger partial charge >= 0.3 is 5.97 Å². The fourth-order valence-electron chi connectivity index (χ4n) is 2.88. The molecule has 3 rings (SSSR count). The van der Waals surface area contributed by atoms with E-state index in [4.69, 9.17) is 4.74 Å². The maximum absolute atomic E-state index is 11.9. The summed E-state index contributed by atoms with van der Waals surface area (Å²) < 4.78 is 5.06. The molecule has 0 aliphatic rings. The van der Waals surface area contributed by atoms with Crippen molar-refractivity contribution in [1.82, 2.24) is 4.98 Å². The Balaban J connectivity index is 1.90. The summed E-state index contributed by atoms with van der Waals surface area (Å²) >= 11 is 0. The van der Waals surface area contributed by atoms with Gasteiger partial charge in [-0.1, -0.05) is 43.7 Å². The van der Waals surface area contributed by atoms with E-state index in [2.05, 4.69) is 48.3 Å². The predicted octanol–water partition coefficient (Wildman–Crippen LogP) is 5.42. The number of hydrogen-bond acceptors (Lipinski definition) is 3. The van der Waals surface area contributed by atoms with E-state index < -0.39 is 0 Å². The van der Waals surface area contributed by atoms with Gasteiger partial charge in [0.05, 0.1) is 17.7 Å². The number of carbonyl (C=O) groups excluding carboxylic acids is 1. The van der Waals surface area contributed by atoms with Crippen molar-refractivity contribution in [3.05, 3.63) is 65.9 Å². The summed E-state index contributed by atoms with van der Waals surface area (Å²) in [5, 5.41) is 0.943. The lowest BCUT2D eigenvalue weighted by Crippen LogP contribution is -2.04. The van der Waals surface area contributed by atoms with Crippen LogP contribution in [-0.4, -0.2) is 17.6 Å². The number of hydrogen-bond donors (Lipinski definition) is 0. The third-order valence-corrected chi connectivity index (χ3v) is 4.30. The number of benzene rings is 2. The minimum Gasteiger partial charge on any atom is -0.462 e. The molecule has 1 heterocycles. The second kappa shape index (κ2) is 7.93. The van der Waals surface area contributed by atoms with E-state index in [0.717, 1.165) is 22.9 Å². The molecule has 25 heavy (non-hydrogen) atoms. The normalized spacial score (nSPS) is 10.8. The van der Waals surface area contributed by atoms with Gasteiger partial charge in [0.1, 0.15) is 0 Å². The van der Waals surface area contributed by atoms with Gasteiger partial charge in [-0.25, -0.2) is 4.79 Å². The SMILES string of the molecule is CCCCc1ccc(-c2ccc3ncc(C(=O)OCC)cc3c2)cc1. The van der Waals surface area contributed by atoms with Gasteiger partial charge in [0.2, 0.25) is 0 Å². The van der Waals surface area contributed by atoms with E-state index in [1.165, 1.54) is 24.0 Å². The lowest BCUT2D eigenvalue weighted by Gasteiger charge is -2.07. The van der Waals surface area contributed by atoms with E-state index in [1.54, 1.807) is 13.1 Å². The zero-order valence-corrected chi connectivity index (χ0v) is 14.8. The molecule has 0 unspecified atom stereocenters. The summed E-state index contributed by atoms with van der Waals surface area (Å²) in [6.45, 7) is 4.37. The summed E-state index contributed by atoms with van der Waals surface area (Å²) in [4.78, 5) is 16.3. The van der Waals surface area contributed by atoms with E-state index in [1.807, 2.05) is 12.1 Å². The molecule has 3 heteroatoms. The molecule has 128 valence electrons. The lowest BCUT2D eigenvalue weighted by atomic mass is 10.00. The molecule has 0 spiro atoms. The fourth-order valence-corrected chi connectivity index (χ4v) is 2.88. The highest BCUT2D eigenvalue weighted by atomic mass is 16.5. The summed E-state index contributed by atoms with van der Waals surface area (Å²) in [5.74, 6) is -0.331. The number of aryl methyl sites for hydroxylation is 1. The zero-order valence-electron chi connectivity index (χ0n) is 14.8. The first kappa shape index (κ1) is 17.2. The Kier molecular flexibility index (Phi) is 5.44. The molecule has 0 amide bonds.